The van der Waals surface area contributed by atoms with E-state index in [4.69, 9.17) is 22.1 Å². The fraction of sp³-hybridized carbons (Fsp3) is 0.0909. The van der Waals surface area contributed by atoms with Crippen LogP contribution in [0.2, 0.25) is 5.02 Å². The first-order valence-corrected chi connectivity index (χ1v) is 5.16. The third kappa shape index (κ3) is 2.29. The highest BCUT2D eigenvalue weighted by molar-refractivity contribution is 6.34. The lowest BCUT2D eigenvalue weighted by Gasteiger charge is -2.08. The third-order valence-electron chi connectivity index (χ3n) is 2.15. The molecule has 0 bridgehead atoms. The van der Waals surface area contributed by atoms with Crippen molar-refractivity contribution in [2.45, 2.75) is 6.92 Å². The summed E-state index contributed by atoms with van der Waals surface area (Å²) in [6.07, 6.45) is 1.20. The van der Waals surface area contributed by atoms with Crippen LogP contribution in [0, 0.1) is 12.7 Å². The van der Waals surface area contributed by atoms with Crippen molar-refractivity contribution in [2.24, 2.45) is 0 Å². The van der Waals surface area contributed by atoms with Gasteiger partial charge in [-0.1, -0.05) is 23.7 Å². The molecule has 1 aromatic carbocycles. The highest BCUT2D eigenvalue weighted by atomic mass is 35.5. The Kier molecular flexibility index (Phi) is 3.10. The van der Waals surface area contributed by atoms with Crippen LogP contribution in [0.4, 0.5) is 10.2 Å². The number of anilines is 1. The largest absolute Gasteiger partial charge is 0.434 e. The van der Waals surface area contributed by atoms with Gasteiger partial charge in [0.05, 0.1) is 0 Å². The van der Waals surface area contributed by atoms with E-state index in [0.29, 0.717) is 5.56 Å². The number of nitrogens with zero attached hydrogens (tertiary/aromatic N) is 2. The molecular weight excluding hydrogens is 245 g/mol. The molecule has 0 fully saturated rings. The molecule has 0 atom stereocenters. The maximum Gasteiger partial charge on any atom is 0.243 e. The fourth-order valence-corrected chi connectivity index (χ4v) is 1.38. The van der Waals surface area contributed by atoms with E-state index in [1.807, 2.05) is 0 Å². The molecule has 6 heteroatoms. The van der Waals surface area contributed by atoms with Gasteiger partial charge in [-0.15, -0.1) is 0 Å². The van der Waals surface area contributed by atoms with Gasteiger partial charge in [-0.25, -0.2) is 9.37 Å². The number of nitrogens with two attached hydrogens (primary N) is 1. The number of aromatic nitrogens is 2. The molecule has 0 unspecified atom stereocenters. The molecule has 17 heavy (non-hydrogen) atoms. The lowest BCUT2D eigenvalue weighted by molar-refractivity contribution is 0.425. The maximum atomic E-state index is 13.7. The third-order valence-corrected chi connectivity index (χ3v) is 2.50. The summed E-state index contributed by atoms with van der Waals surface area (Å²) in [7, 11) is 0. The fourth-order valence-electron chi connectivity index (χ4n) is 1.24. The second-order valence-electron chi connectivity index (χ2n) is 3.37. The lowest BCUT2D eigenvalue weighted by Crippen LogP contribution is -1.98. The second-order valence-corrected chi connectivity index (χ2v) is 3.75. The first-order chi connectivity index (χ1) is 8.09. The molecule has 0 aliphatic rings. The quantitative estimate of drug-likeness (QED) is 0.894. The smallest absolute Gasteiger partial charge is 0.243 e. The highest BCUT2D eigenvalue weighted by Crippen LogP contribution is 2.31. The van der Waals surface area contributed by atoms with Crippen molar-refractivity contribution in [1.82, 2.24) is 9.97 Å². The predicted molar refractivity (Wildman–Crippen MR) is 62.7 cm³/mol. The Morgan fingerprint density at radius 3 is 2.88 bits per heavy atom. The van der Waals surface area contributed by atoms with Crippen LogP contribution in [-0.2, 0) is 0 Å². The van der Waals surface area contributed by atoms with Gasteiger partial charge in [0.25, 0.3) is 0 Å². The van der Waals surface area contributed by atoms with Gasteiger partial charge in [0.2, 0.25) is 5.88 Å². The average Bonchev–Trinajstić information content (AvgIpc) is 2.31. The number of hydrogen-bond donors (Lipinski definition) is 1. The molecule has 0 saturated heterocycles. The van der Waals surface area contributed by atoms with Gasteiger partial charge in [-0.2, -0.15) is 4.98 Å². The molecule has 2 aromatic rings. The summed E-state index contributed by atoms with van der Waals surface area (Å²) >= 11 is 5.84. The summed E-state index contributed by atoms with van der Waals surface area (Å²) in [5.74, 6) is -0.292. The summed E-state index contributed by atoms with van der Waals surface area (Å²) in [4.78, 5) is 7.48. The van der Waals surface area contributed by atoms with E-state index >= 15 is 0 Å². The van der Waals surface area contributed by atoms with Crippen LogP contribution < -0.4 is 10.5 Å². The summed E-state index contributed by atoms with van der Waals surface area (Å²) in [6, 6.07) is 4.79. The van der Waals surface area contributed by atoms with Gasteiger partial charge < -0.3 is 10.5 Å². The minimum atomic E-state index is -0.458. The first kappa shape index (κ1) is 11.6. The van der Waals surface area contributed by atoms with E-state index in [9.17, 15) is 4.39 Å². The number of ether oxygens (including phenoxy) is 1. The Hall–Kier alpha value is -1.88. The number of rotatable bonds is 2. The molecule has 2 rings (SSSR count). The number of nitrogen functional groups attached to an aromatic ring is 1. The molecular formula is C11H9ClFN3O. The molecule has 2 N–H and O–H groups in total. The summed E-state index contributed by atoms with van der Waals surface area (Å²) < 4.78 is 18.9. The van der Waals surface area contributed by atoms with E-state index in [2.05, 4.69) is 9.97 Å². The molecule has 1 heterocycles. The monoisotopic (exact) mass is 253 g/mol. The normalized spacial score (nSPS) is 10.3. The molecule has 0 aliphatic carbocycles. The Morgan fingerprint density at radius 1 is 1.35 bits per heavy atom. The van der Waals surface area contributed by atoms with E-state index in [1.54, 1.807) is 19.1 Å². The van der Waals surface area contributed by atoms with E-state index in [1.165, 1.54) is 12.4 Å². The second kappa shape index (κ2) is 4.55. The molecule has 88 valence electrons. The van der Waals surface area contributed by atoms with Crippen LogP contribution in [0.15, 0.2) is 24.5 Å². The molecule has 0 aliphatic heterocycles. The molecule has 0 radical (unpaired) electrons. The Bertz CT molecular complexity index is 513. The van der Waals surface area contributed by atoms with Crippen LogP contribution in [0.3, 0.4) is 0 Å². The van der Waals surface area contributed by atoms with Gasteiger partial charge in [-0.05, 0) is 18.6 Å². The number of benzene rings is 1. The Labute approximate surface area is 102 Å². The minimum absolute atomic E-state index is 0.0312. The van der Waals surface area contributed by atoms with Crippen molar-refractivity contribution in [3.05, 3.63) is 40.9 Å². The van der Waals surface area contributed by atoms with Gasteiger partial charge in [0, 0.05) is 0 Å². The van der Waals surface area contributed by atoms with Gasteiger partial charge in [0.15, 0.2) is 11.6 Å². The zero-order chi connectivity index (χ0) is 12.4. The number of hydrogen-bond acceptors (Lipinski definition) is 4. The number of aryl methyl sites for hydroxylation is 1. The molecule has 1 aromatic heterocycles. The summed E-state index contributed by atoms with van der Waals surface area (Å²) in [6.45, 7) is 1.64. The predicted octanol–water partition coefficient (Wildman–Crippen LogP) is 2.95. The summed E-state index contributed by atoms with van der Waals surface area (Å²) in [5.41, 5.74) is 5.96. The minimum Gasteiger partial charge on any atom is -0.434 e. The van der Waals surface area contributed by atoms with Crippen molar-refractivity contribution < 1.29 is 9.13 Å². The Morgan fingerprint density at radius 2 is 2.12 bits per heavy atom. The highest BCUT2D eigenvalue weighted by Gasteiger charge is 2.12. The van der Waals surface area contributed by atoms with Crippen molar-refractivity contribution in [1.29, 1.82) is 0 Å². The van der Waals surface area contributed by atoms with Crippen LogP contribution >= 0.6 is 11.6 Å². The van der Waals surface area contributed by atoms with E-state index in [0.717, 1.165) is 0 Å². The average molecular weight is 254 g/mol. The van der Waals surface area contributed by atoms with Crippen LogP contribution in [0.1, 0.15) is 5.56 Å². The number of halogens is 2. The van der Waals surface area contributed by atoms with Gasteiger partial charge >= 0.3 is 0 Å². The lowest BCUT2D eigenvalue weighted by atomic mass is 10.2. The molecule has 0 spiro atoms. The topological polar surface area (TPSA) is 61.0 Å². The summed E-state index contributed by atoms with van der Waals surface area (Å²) in [5, 5.41) is 0.0633. The first-order valence-electron chi connectivity index (χ1n) is 4.78. The van der Waals surface area contributed by atoms with Crippen molar-refractivity contribution in [2.75, 3.05) is 5.73 Å². The zero-order valence-electron chi connectivity index (χ0n) is 8.95. The van der Waals surface area contributed by atoms with Crippen LogP contribution in [-0.4, -0.2) is 9.97 Å². The van der Waals surface area contributed by atoms with Gasteiger partial charge in [-0.3, -0.25) is 0 Å². The SMILES string of the molecule is Cc1cccc(Oc2ncnc(N)c2Cl)c1F. The zero-order valence-corrected chi connectivity index (χ0v) is 9.70. The molecule has 0 saturated carbocycles. The van der Waals surface area contributed by atoms with Crippen LogP contribution in [0.25, 0.3) is 0 Å². The maximum absolute atomic E-state index is 13.7. The molecule has 0 amide bonds. The standard InChI is InChI=1S/C11H9ClFN3O/c1-6-3-2-4-7(9(6)13)17-11-8(12)10(14)15-5-16-11/h2-5H,1H3,(H2,14,15,16). The van der Waals surface area contributed by atoms with E-state index < -0.39 is 5.82 Å². The van der Waals surface area contributed by atoms with E-state index in [-0.39, 0.29) is 22.5 Å². The van der Waals surface area contributed by atoms with Crippen molar-refractivity contribution in [3.63, 3.8) is 0 Å². The van der Waals surface area contributed by atoms with Crippen molar-refractivity contribution >= 4 is 17.4 Å². The Balaban J connectivity index is 2.38. The van der Waals surface area contributed by atoms with Crippen molar-refractivity contribution in [3.8, 4) is 11.6 Å². The molecule has 4 nitrogen and oxygen atoms in total. The van der Waals surface area contributed by atoms with Gasteiger partial charge in [0.1, 0.15) is 17.2 Å². The van der Waals surface area contributed by atoms with Crippen LogP contribution in [0.5, 0.6) is 11.6 Å².